The van der Waals surface area contributed by atoms with Crippen molar-refractivity contribution in [2.75, 3.05) is 13.1 Å². The molecule has 0 radical (unpaired) electrons. The van der Waals surface area contributed by atoms with E-state index in [-0.39, 0.29) is 30.3 Å². The third-order valence-corrected chi connectivity index (χ3v) is 5.40. The summed E-state index contributed by atoms with van der Waals surface area (Å²) < 4.78 is 5.58. The number of hydrogen-bond donors (Lipinski definition) is 3. The first-order valence-corrected chi connectivity index (χ1v) is 10.9. The molecule has 0 aromatic heterocycles. The Kier molecular flexibility index (Phi) is 7.38. The number of nitrogens with one attached hydrogen (secondary N) is 1. The number of nitrogens with zero attached hydrogens (tertiary/aromatic N) is 1. The van der Waals surface area contributed by atoms with Crippen LogP contribution in [0.15, 0.2) is 48.5 Å². The van der Waals surface area contributed by atoms with E-state index in [1.54, 1.807) is 25.7 Å². The Morgan fingerprint density at radius 1 is 1.03 bits per heavy atom. The zero-order valence-corrected chi connectivity index (χ0v) is 19.1. The molecule has 2 amide bonds. The maximum Gasteiger partial charge on any atom is 0.410 e. The number of carbonyl (C=O) groups excluding carboxylic acids is 2. The molecule has 8 heteroatoms. The third-order valence-electron chi connectivity index (χ3n) is 5.40. The zero-order chi connectivity index (χ0) is 24.2. The highest BCUT2D eigenvalue weighted by molar-refractivity contribution is 5.95. The maximum atomic E-state index is 12.9. The summed E-state index contributed by atoms with van der Waals surface area (Å²) in [6.45, 7) is 5.31. The van der Waals surface area contributed by atoms with Crippen molar-refractivity contribution in [1.29, 1.82) is 0 Å². The minimum atomic E-state index is -1.08. The quantitative estimate of drug-likeness (QED) is 0.592. The van der Waals surface area contributed by atoms with E-state index in [0.717, 1.165) is 0 Å². The van der Waals surface area contributed by atoms with E-state index in [1.165, 1.54) is 35.4 Å². The topological polar surface area (TPSA) is 116 Å². The average Bonchev–Trinajstić information content (AvgIpc) is 3.18. The van der Waals surface area contributed by atoms with Gasteiger partial charge in [-0.05, 0) is 69.0 Å². The first kappa shape index (κ1) is 24.3. The molecule has 176 valence electrons. The third kappa shape index (κ3) is 6.55. The molecule has 8 nitrogen and oxygen atoms in total. The monoisotopic (exact) mass is 454 g/mol. The number of ether oxygens (including phenoxy) is 1. The van der Waals surface area contributed by atoms with Crippen LogP contribution >= 0.6 is 0 Å². The average molecular weight is 455 g/mol. The fourth-order valence-electron chi connectivity index (χ4n) is 3.82. The van der Waals surface area contributed by atoms with Crippen molar-refractivity contribution < 1.29 is 29.3 Å². The number of aromatic carboxylic acids is 1. The Labute approximate surface area is 193 Å². The smallest absolute Gasteiger partial charge is 0.410 e. The van der Waals surface area contributed by atoms with Crippen molar-refractivity contribution in [2.24, 2.45) is 0 Å². The van der Waals surface area contributed by atoms with Gasteiger partial charge >= 0.3 is 12.1 Å². The zero-order valence-electron chi connectivity index (χ0n) is 19.1. The molecule has 1 atom stereocenters. The van der Waals surface area contributed by atoms with Gasteiger partial charge in [0.1, 0.15) is 5.60 Å². The van der Waals surface area contributed by atoms with E-state index in [0.29, 0.717) is 12.8 Å². The van der Waals surface area contributed by atoms with Gasteiger partial charge in [0.05, 0.1) is 18.2 Å². The number of rotatable bonds is 7. The molecule has 0 spiro atoms. The molecule has 1 aliphatic carbocycles. The van der Waals surface area contributed by atoms with Crippen molar-refractivity contribution >= 4 is 18.0 Å². The number of aliphatic hydroxyl groups is 1. The molecular weight excluding hydrogens is 424 g/mol. The van der Waals surface area contributed by atoms with E-state index in [2.05, 4.69) is 5.32 Å². The molecule has 0 fully saturated rings. The van der Waals surface area contributed by atoms with Gasteiger partial charge in [-0.1, -0.05) is 24.3 Å². The molecule has 3 rings (SSSR count). The summed E-state index contributed by atoms with van der Waals surface area (Å²) in [5.41, 5.74) is 2.02. The summed E-state index contributed by atoms with van der Waals surface area (Å²) in [6.07, 6.45) is -0.173. The lowest BCUT2D eigenvalue weighted by Crippen LogP contribution is -2.49. The van der Waals surface area contributed by atoms with Gasteiger partial charge in [-0.15, -0.1) is 0 Å². The van der Waals surface area contributed by atoms with Gasteiger partial charge in [-0.3, -0.25) is 4.79 Å². The van der Waals surface area contributed by atoms with Crippen LogP contribution in [0.1, 0.15) is 52.6 Å². The van der Waals surface area contributed by atoms with E-state index < -0.39 is 29.7 Å². The summed E-state index contributed by atoms with van der Waals surface area (Å²) >= 11 is 0. The molecule has 0 saturated carbocycles. The number of benzene rings is 2. The Morgan fingerprint density at radius 3 is 2.09 bits per heavy atom. The lowest BCUT2D eigenvalue weighted by Gasteiger charge is -2.33. The number of carboxylic acid groups (broad SMARTS) is 1. The maximum absolute atomic E-state index is 12.9. The second-order valence-electron chi connectivity index (χ2n) is 9.21. The van der Waals surface area contributed by atoms with Crippen LogP contribution in [-0.4, -0.2) is 63.9 Å². The first-order valence-electron chi connectivity index (χ1n) is 10.9. The minimum absolute atomic E-state index is 0.00575. The first-order chi connectivity index (χ1) is 15.5. The van der Waals surface area contributed by atoms with Crippen molar-refractivity contribution in [3.05, 3.63) is 70.8 Å². The predicted molar refractivity (Wildman–Crippen MR) is 122 cm³/mol. The fourth-order valence-corrected chi connectivity index (χ4v) is 3.82. The molecule has 1 aliphatic rings. The number of fused-ring (bicyclic) bond motifs is 1. The van der Waals surface area contributed by atoms with Crippen LogP contribution in [0.3, 0.4) is 0 Å². The van der Waals surface area contributed by atoms with E-state index in [4.69, 9.17) is 9.84 Å². The van der Waals surface area contributed by atoms with Crippen molar-refractivity contribution in [1.82, 2.24) is 10.2 Å². The number of carboxylic acids is 1. The lowest BCUT2D eigenvalue weighted by atomic mass is 10.1. The molecule has 2 aromatic carbocycles. The van der Waals surface area contributed by atoms with Crippen LogP contribution in [0.25, 0.3) is 0 Å². The van der Waals surface area contributed by atoms with Crippen LogP contribution < -0.4 is 5.32 Å². The minimum Gasteiger partial charge on any atom is -0.478 e. The van der Waals surface area contributed by atoms with Gasteiger partial charge in [0.2, 0.25) is 0 Å². The van der Waals surface area contributed by atoms with Crippen LogP contribution in [0, 0.1) is 0 Å². The van der Waals surface area contributed by atoms with Gasteiger partial charge in [0, 0.05) is 18.2 Å². The number of hydrogen-bond acceptors (Lipinski definition) is 5. The molecular formula is C25H30N2O6. The Hall–Kier alpha value is -3.39. The standard InChI is InChI=1S/C25H30N2O6/c1-25(2,3)33-24(32)27(20-12-18-6-4-5-7-19(18)13-20)15-21(28)14-26-22(29)16-8-10-17(11-9-16)23(30)31/h4-11,20-21,28H,12-15H2,1-3H3,(H,26,29)(H,30,31). The second kappa shape index (κ2) is 10.0. The van der Waals surface area contributed by atoms with Crippen molar-refractivity contribution in [3.8, 4) is 0 Å². The fraction of sp³-hybridized carbons (Fsp3) is 0.400. The highest BCUT2D eigenvalue weighted by Gasteiger charge is 2.33. The van der Waals surface area contributed by atoms with Crippen molar-refractivity contribution in [3.63, 3.8) is 0 Å². The summed E-state index contributed by atoms with van der Waals surface area (Å²) in [6, 6.07) is 13.4. The molecule has 0 heterocycles. The Morgan fingerprint density at radius 2 is 1.58 bits per heavy atom. The number of amides is 2. The largest absolute Gasteiger partial charge is 0.478 e. The number of aliphatic hydroxyl groups excluding tert-OH is 1. The normalized spacial score (nSPS) is 14.3. The Balaban J connectivity index is 1.63. The molecule has 2 aromatic rings. The summed E-state index contributed by atoms with van der Waals surface area (Å²) in [7, 11) is 0. The van der Waals surface area contributed by atoms with Gasteiger partial charge in [-0.2, -0.15) is 0 Å². The van der Waals surface area contributed by atoms with Gasteiger partial charge < -0.3 is 25.2 Å². The van der Waals surface area contributed by atoms with E-state index in [9.17, 15) is 19.5 Å². The Bertz CT molecular complexity index is 987. The predicted octanol–water partition coefficient (Wildman–Crippen LogP) is 2.88. The number of carbonyl (C=O) groups is 3. The SMILES string of the molecule is CC(C)(C)OC(=O)N(CC(O)CNC(=O)c1ccc(C(=O)O)cc1)C1Cc2ccccc2C1. The molecule has 0 bridgehead atoms. The molecule has 0 aliphatic heterocycles. The highest BCUT2D eigenvalue weighted by atomic mass is 16.6. The van der Waals surface area contributed by atoms with Crippen LogP contribution in [0.2, 0.25) is 0 Å². The summed E-state index contributed by atoms with van der Waals surface area (Å²) in [5.74, 6) is -1.52. The summed E-state index contributed by atoms with van der Waals surface area (Å²) in [5, 5.41) is 22.2. The highest BCUT2D eigenvalue weighted by Crippen LogP contribution is 2.27. The van der Waals surface area contributed by atoms with Gasteiger partial charge in [-0.25, -0.2) is 9.59 Å². The molecule has 1 unspecified atom stereocenters. The van der Waals surface area contributed by atoms with Crippen LogP contribution in [0.4, 0.5) is 4.79 Å². The molecule has 0 saturated heterocycles. The van der Waals surface area contributed by atoms with Gasteiger partial charge in [0.15, 0.2) is 0 Å². The van der Waals surface area contributed by atoms with Crippen LogP contribution in [-0.2, 0) is 17.6 Å². The van der Waals surface area contributed by atoms with Crippen molar-refractivity contribution in [2.45, 2.75) is 51.4 Å². The molecule has 33 heavy (non-hydrogen) atoms. The second-order valence-corrected chi connectivity index (χ2v) is 9.21. The van der Waals surface area contributed by atoms with E-state index in [1.807, 2.05) is 24.3 Å². The van der Waals surface area contributed by atoms with Gasteiger partial charge in [0.25, 0.3) is 5.91 Å². The van der Waals surface area contributed by atoms with E-state index >= 15 is 0 Å². The lowest BCUT2D eigenvalue weighted by molar-refractivity contribution is 0.00507. The summed E-state index contributed by atoms with van der Waals surface area (Å²) in [4.78, 5) is 37.8. The van der Waals surface area contributed by atoms with Crippen LogP contribution in [0.5, 0.6) is 0 Å². The molecule has 3 N–H and O–H groups in total.